The van der Waals surface area contributed by atoms with Crippen molar-refractivity contribution < 1.29 is 14.0 Å². The zero-order valence-electron chi connectivity index (χ0n) is 10.7. The van der Waals surface area contributed by atoms with E-state index in [0.29, 0.717) is 11.3 Å². The Morgan fingerprint density at radius 2 is 2.18 bits per heavy atom. The van der Waals surface area contributed by atoms with Gasteiger partial charge >= 0.3 is 7.32 Å². The van der Waals surface area contributed by atoms with Crippen LogP contribution in [0.2, 0.25) is 0 Å². The Morgan fingerprint density at radius 1 is 1.41 bits per heavy atom. The maximum atomic E-state index is 6.00. The second kappa shape index (κ2) is 3.51. The van der Waals surface area contributed by atoms with Gasteiger partial charge in [0, 0.05) is 0 Å². The van der Waals surface area contributed by atoms with Crippen LogP contribution in [0.4, 0.5) is 0 Å². The zero-order valence-corrected chi connectivity index (χ0v) is 10.7. The smallest absolute Gasteiger partial charge is 0.380 e. The van der Waals surface area contributed by atoms with Crippen molar-refractivity contribution >= 4 is 7.32 Å². The van der Waals surface area contributed by atoms with Crippen LogP contribution in [0.5, 0.6) is 0 Å². The Morgan fingerprint density at radius 3 is 2.82 bits per heavy atom. The molecule has 1 heterocycles. The predicted octanol–water partition coefficient (Wildman–Crippen LogP) is 1.86. The topological polar surface area (TPSA) is 27.7 Å². The summed E-state index contributed by atoms with van der Waals surface area (Å²) < 4.78 is 17.2. The molecule has 0 aromatic rings. The van der Waals surface area contributed by atoms with Crippen LogP contribution in [0.25, 0.3) is 0 Å². The number of hydrogen-bond acceptors (Lipinski definition) is 3. The molecular formula is C13H19BO3. The first kappa shape index (κ1) is 11.6. The van der Waals surface area contributed by atoms with E-state index in [2.05, 4.69) is 26.7 Å². The Balaban J connectivity index is 1.76. The SMILES string of the molecule is C#CCOB1OC2CC3CC(C3(C)C)[C@]2(C)O1. The average Bonchev–Trinajstić information content (AvgIpc) is 2.61. The van der Waals surface area contributed by atoms with Gasteiger partial charge < -0.3 is 14.0 Å². The van der Waals surface area contributed by atoms with E-state index in [0.717, 1.165) is 12.3 Å². The minimum Gasteiger partial charge on any atom is -0.380 e. The van der Waals surface area contributed by atoms with Gasteiger partial charge in [0.2, 0.25) is 0 Å². The van der Waals surface area contributed by atoms with E-state index in [1.807, 2.05) is 0 Å². The molecule has 0 amide bonds. The van der Waals surface area contributed by atoms with Crippen molar-refractivity contribution in [2.45, 2.75) is 45.3 Å². The fourth-order valence-electron chi connectivity index (χ4n) is 4.01. The van der Waals surface area contributed by atoms with Gasteiger partial charge in [-0.3, -0.25) is 0 Å². The second-order valence-electron chi connectivity index (χ2n) is 6.27. The summed E-state index contributed by atoms with van der Waals surface area (Å²) in [5.41, 5.74) is 0.174. The fourth-order valence-corrected chi connectivity index (χ4v) is 4.01. The van der Waals surface area contributed by atoms with Crippen LogP contribution in [-0.2, 0) is 14.0 Å². The largest absolute Gasteiger partial charge is 0.640 e. The molecule has 3 saturated carbocycles. The van der Waals surface area contributed by atoms with E-state index in [4.69, 9.17) is 20.4 Å². The molecule has 0 spiro atoms. The van der Waals surface area contributed by atoms with Gasteiger partial charge in [-0.25, -0.2) is 0 Å². The normalized spacial score (nSPS) is 46.0. The van der Waals surface area contributed by atoms with Crippen molar-refractivity contribution in [3.8, 4) is 12.3 Å². The summed E-state index contributed by atoms with van der Waals surface area (Å²) in [6, 6.07) is 0. The van der Waals surface area contributed by atoms with Gasteiger partial charge in [0.05, 0.1) is 18.3 Å². The van der Waals surface area contributed by atoms with Gasteiger partial charge in [-0.05, 0) is 37.0 Å². The molecule has 0 aromatic heterocycles. The highest BCUT2D eigenvalue weighted by Gasteiger charge is 2.68. The molecule has 0 radical (unpaired) electrons. The molecule has 1 aliphatic heterocycles. The molecule has 17 heavy (non-hydrogen) atoms. The zero-order chi connectivity index (χ0) is 12.3. The molecule has 4 rings (SSSR count). The summed E-state index contributed by atoms with van der Waals surface area (Å²) in [5.74, 6) is 3.78. The van der Waals surface area contributed by atoms with Crippen LogP contribution in [0.3, 0.4) is 0 Å². The highest BCUT2D eigenvalue weighted by molar-refractivity contribution is 6.37. The Bertz CT molecular complexity index is 375. The summed E-state index contributed by atoms with van der Waals surface area (Å²) in [5, 5.41) is 0. The van der Waals surface area contributed by atoms with E-state index < -0.39 is 7.32 Å². The van der Waals surface area contributed by atoms with E-state index in [-0.39, 0.29) is 18.3 Å². The molecule has 4 fully saturated rings. The summed E-state index contributed by atoms with van der Waals surface area (Å²) in [4.78, 5) is 0. The standard InChI is InChI=1S/C13H19BO3/c1-5-6-15-14-16-11-8-9-7-10(12(9,2)3)13(11,4)17-14/h1,9-11H,6-8H2,2-4H3/t9?,10?,11?,13-/m0/s1. The van der Waals surface area contributed by atoms with Crippen molar-refractivity contribution in [1.82, 2.24) is 0 Å². The van der Waals surface area contributed by atoms with Crippen LogP contribution in [0.1, 0.15) is 33.6 Å². The first-order valence-electron chi connectivity index (χ1n) is 6.37. The Labute approximate surface area is 103 Å². The van der Waals surface area contributed by atoms with E-state index in [1.165, 1.54) is 6.42 Å². The van der Waals surface area contributed by atoms with Crippen molar-refractivity contribution in [3.05, 3.63) is 0 Å². The molecule has 3 unspecified atom stereocenters. The van der Waals surface area contributed by atoms with Crippen LogP contribution >= 0.6 is 0 Å². The first-order chi connectivity index (χ1) is 7.98. The maximum Gasteiger partial charge on any atom is 0.640 e. The predicted molar refractivity (Wildman–Crippen MR) is 64.9 cm³/mol. The van der Waals surface area contributed by atoms with Crippen molar-refractivity contribution in [3.63, 3.8) is 0 Å². The van der Waals surface area contributed by atoms with Crippen LogP contribution < -0.4 is 0 Å². The van der Waals surface area contributed by atoms with E-state index in [1.54, 1.807) is 0 Å². The third-order valence-corrected chi connectivity index (χ3v) is 5.23. The molecular weight excluding hydrogens is 215 g/mol. The molecule has 0 N–H and O–H groups in total. The lowest BCUT2D eigenvalue weighted by atomic mass is 9.43. The molecule has 3 aliphatic carbocycles. The number of terminal acetylenes is 1. The molecule has 2 bridgehead atoms. The third-order valence-electron chi connectivity index (χ3n) is 5.23. The monoisotopic (exact) mass is 234 g/mol. The molecule has 4 heteroatoms. The van der Waals surface area contributed by atoms with Crippen molar-refractivity contribution in [1.29, 1.82) is 0 Å². The highest BCUT2D eigenvalue weighted by atomic mass is 16.8. The summed E-state index contributed by atoms with van der Waals surface area (Å²) in [6.07, 6.45) is 7.68. The van der Waals surface area contributed by atoms with Crippen molar-refractivity contribution in [2.75, 3.05) is 6.61 Å². The summed E-state index contributed by atoms with van der Waals surface area (Å²) in [6.45, 7) is 7.09. The van der Waals surface area contributed by atoms with Gasteiger partial charge in [0.25, 0.3) is 0 Å². The molecule has 92 valence electrons. The summed E-state index contributed by atoms with van der Waals surface area (Å²) in [7, 11) is -0.573. The second-order valence-corrected chi connectivity index (χ2v) is 6.27. The van der Waals surface area contributed by atoms with Gasteiger partial charge in [0.1, 0.15) is 0 Å². The average molecular weight is 234 g/mol. The molecule has 3 nitrogen and oxygen atoms in total. The van der Waals surface area contributed by atoms with Gasteiger partial charge in [-0.1, -0.05) is 19.8 Å². The van der Waals surface area contributed by atoms with Crippen LogP contribution in [-0.4, -0.2) is 25.6 Å². The van der Waals surface area contributed by atoms with Gasteiger partial charge in [-0.2, -0.15) is 0 Å². The van der Waals surface area contributed by atoms with Gasteiger partial charge in [-0.15, -0.1) is 6.42 Å². The lowest BCUT2D eigenvalue weighted by Gasteiger charge is -2.64. The highest BCUT2D eigenvalue weighted by Crippen LogP contribution is 2.65. The first-order valence-corrected chi connectivity index (χ1v) is 6.37. The maximum absolute atomic E-state index is 6.00. The van der Waals surface area contributed by atoms with Crippen LogP contribution in [0, 0.1) is 29.6 Å². The molecule has 0 aromatic carbocycles. The molecule has 1 saturated heterocycles. The number of hydrogen-bond donors (Lipinski definition) is 0. The Hall–Kier alpha value is -0.495. The van der Waals surface area contributed by atoms with E-state index >= 15 is 0 Å². The fraction of sp³-hybridized carbons (Fsp3) is 0.846. The summed E-state index contributed by atoms with van der Waals surface area (Å²) >= 11 is 0. The quantitative estimate of drug-likeness (QED) is 0.539. The lowest BCUT2D eigenvalue weighted by Crippen LogP contribution is -2.65. The van der Waals surface area contributed by atoms with E-state index in [9.17, 15) is 0 Å². The lowest BCUT2D eigenvalue weighted by molar-refractivity contribution is -0.199. The molecule has 4 atom stereocenters. The van der Waals surface area contributed by atoms with Crippen molar-refractivity contribution in [2.24, 2.45) is 17.3 Å². The minimum atomic E-state index is -0.573. The van der Waals surface area contributed by atoms with Gasteiger partial charge in [0.15, 0.2) is 0 Å². The number of rotatable bonds is 2. The third kappa shape index (κ3) is 1.43. The molecule has 4 aliphatic rings. The minimum absolute atomic E-state index is 0.169. The Kier molecular flexibility index (Phi) is 2.39. The van der Waals surface area contributed by atoms with Crippen LogP contribution in [0.15, 0.2) is 0 Å².